The Labute approximate surface area is 162 Å². The number of amides is 3. The molecule has 1 aliphatic heterocycles. The third-order valence-electron chi connectivity index (χ3n) is 4.53. The van der Waals surface area contributed by atoms with Crippen molar-refractivity contribution >= 4 is 40.4 Å². The molecule has 0 aliphatic carbocycles. The predicted molar refractivity (Wildman–Crippen MR) is 107 cm³/mol. The Morgan fingerprint density at radius 2 is 2.07 bits per heavy atom. The van der Waals surface area contributed by atoms with E-state index >= 15 is 0 Å². The summed E-state index contributed by atoms with van der Waals surface area (Å²) >= 11 is 1.51. The minimum absolute atomic E-state index is 0.135. The van der Waals surface area contributed by atoms with Crippen molar-refractivity contribution in [3.8, 4) is 0 Å². The fourth-order valence-corrected chi connectivity index (χ4v) is 4.12. The fraction of sp³-hybridized carbons (Fsp3) is 0.350. The Morgan fingerprint density at radius 1 is 1.26 bits per heavy atom. The van der Waals surface area contributed by atoms with Gasteiger partial charge in [-0.2, -0.15) is 0 Å². The summed E-state index contributed by atoms with van der Waals surface area (Å²) in [6.07, 6.45) is 1.33. The first-order chi connectivity index (χ1) is 13.0. The second kappa shape index (κ2) is 8.35. The highest BCUT2D eigenvalue weighted by Crippen LogP contribution is 2.30. The van der Waals surface area contributed by atoms with Crippen molar-refractivity contribution in [2.75, 3.05) is 16.8 Å². The number of anilines is 2. The van der Waals surface area contributed by atoms with E-state index in [4.69, 9.17) is 0 Å². The molecular weight excluding hydrogens is 362 g/mol. The minimum atomic E-state index is -0.340. The van der Waals surface area contributed by atoms with Crippen LogP contribution in [0.1, 0.15) is 43.2 Å². The van der Waals surface area contributed by atoms with Crippen LogP contribution in [0.3, 0.4) is 0 Å². The monoisotopic (exact) mass is 385 g/mol. The van der Waals surface area contributed by atoms with Gasteiger partial charge in [-0.05, 0) is 48.6 Å². The van der Waals surface area contributed by atoms with Gasteiger partial charge in [-0.3, -0.25) is 14.4 Å². The summed E-state index contributed by atoms with van der Waals surface area (Å²) in [4.78, 5) is 38.7. The van der Waals surface area contributed by atoms with Crippen molar-refractivity contribution in [2.24, 2.45) is 0 Å². The largest absolute Gasteiger partial charge is 0.348 e. The standard InChI is InChI=1S/C20H23N3O3S/c1-3-23-17-8-7-15(11-14(17)6-9-20(23)26)22-19(25)12-16(21-13(2)24)18-5-4-10-27-18/h4-5,7-8,10-11,16H,3,6,9,12H2,1-2H3,(H,21,24)(H,22,25)/t16-/m1/s1. The van der Waals surface area contributed by atoms with Crippen LogP contribution in [0.4, 0.5) is 11.4 Å². The number of carbonyl (C=O) groups is 3. The lowest BCUT2D eigenvalue weighted by molar-refractivity contribution is -0.121. The van der Waals surface area contributed by atoms with Gasteiger partial charge in [-0.1, -0.05) is 6.07 Å². The van der Waals surface area contributed by atoms with E-state index in [0.29, 0.717) is 25.1 Å². The number of aryl methyl sites for hydroxylation is 1. The maximum absolute atomic E-state index is 12.5. The fourth-order valence-electron chi connectivity index (χ4n) is 3.34. The highest BCUT2D eigenvalue weighted by molar-refractivity contribution is 7.10. The Bertz CT molecular complexity index is 848. The van der Waals surface area contributed by atoms with Gasteiger partial charge in [-0.15, -0.1) is 11.3 Å². The van der Waals surface area contributed by atoms with Crippen LogP contribution in [-0.4, -0.2) is 24.3 Å². The molecule has 2 N–H and O–H groups in total. The normalized spacial score (nSPS) is 14.4. The van der Waals surface area contributed by atoms with E-state index in [0.717, 1.165) is 16.1 Å². The predicted octanol–water partition coefficient (Wildman–Crippen LogP) is 3.25. The molecular formula is C20H23N3O3S. The van der Waals surface area contributed by atoms with E-state index in [1.165, 1.54) is 18.3 Å². The van der Waals surface area contributed by atoms with E-state index in [9.17, 15) is 14.4 Å². The molecule has 27 heavy (non-hydrogen) atoms. The van der Waals surface area contributed by atoms with Crippen molar-refractivity contribution in [3.05, 3.63) is 46.2 Å². The van der Waals surface area contributed by atoms with Crippen LogP contribution in [0.2, 0.25) is 0 Å². The summed E-state index contributed by atoms with van der Waals surface area (Å²) in [6, 6.07) is 9.10. The molecule has 3 rings (SSSR count). The van der Waals surface area contributed by atoms with Gasteiger partial charge in [0.2, 0.25) is 17.7 Å². The Balaban J connectivity index is 1.70. The van der Waals surface area contributed by atoms with Crippen LogP contribution < -0.4 is 15.5 Å². The lowest BCUT2D eigenvalue weighted by atomic mass is 10.0. The van der Waals surface area contributed by atoms with Crippen LogP contribution in [0, 0.1) is 0 Å². The van der Waals surface area contributed by atoms with E-state index in [1.807, 2.05) is 42.6 Å². The lowest BCUT2D eigenvalue weighted by Gasteiger charge is -2.28. The van der Waals surface area contributed by atoms with Gasteiger partial charge in [0.1, 0.15) is 0 Å². The molecule has 142 valence electrons. The van der Waals surface area contributed by atoms with Gasteiger partial charge >= 0.3 is 0 Å². The average molecular weight is 385 g/mol. The number of nitrogens with zero attached hydrogens (tertiary/aromatic N) is 1. The summed E-state index contributed by atoms with van der Waals surface area (Å²) < 4.78 is 0. The summed E-state index contributed by atoms with van der Waals surface area (Å²) in [5, 5.41) is 7.67. The molecule has 0 unspecified atom stereocenters. The maximum Gasteiger partial charge on any atom is 0.227 e. The van der Waals surface area contributed by atoms with Gasteiger partial charge < -0.3 is 15.5 Å². The van der Waals surface area contributed by atoms with Crippen molar-refractivity contribution in [1.82, 2.24) is 5.32 Å². The highest BCUT2D eigenvalue weighted by Gasteiger charge is 2.23. The molecule has 0 bridgehead atoms. The highest BCUT2D eigenvalue weighted by atomic mass is 32.1. The zero-order valence-electron chi connectivity index (χ0n) is 15.5. The third kappa shape index (κ3) is 4.54. The Kier molecular flexibility index (Phi) is 5.91. The van der Waals surface area contributed by atoms with Crippen molar-refractivity contribution in [2.45, 2.75) is 39.2 Å². The van der Waals surface area contributed by atoms with Crippen LogP contribution in [0.25, 0.3) is 0 Å². The molecule has 0 fully saturated rings. The first kappa shape index (κ1) is 19.1. The first-order valence-corrected chi connectivity index (χ1v) is 9.89. The van der Waals surface area contributed by atoms with E-state index in [1.54, 1.807) is 4.90 Å². The number of rotatable bonds is 6. The molecule has 0 radical (unpaired) electrons. The van der Waals surface area contributed by atoms with Gasteiger partial charge in [-0.25, -0.2) is 0 Å². The Hall–Kier alpha value is -2.67. The molecule has 0 saturated carbocycles. The summed E-state index contributed by atoms with van der Waals surface area (Å²) in [5.74, 6) is -0.198. The topological polar surface area (TPSA) is 78.5 Å². The first-order valence-electron chi connectivity index (χ1n) is 9.01. The maximum atomic E-state index is 12.5. The molecule has 2 aromatic rings. The lowest BCUT2D eigenvalue weighted by Crippen LogP contribution is -2.34. The molecule has 6 nitrogen and oxygen atoms in total. The second-order valence-corrected chi connectivity index (χ2v) is 7.48. The SMILES string of the molecule is CCN1C(=O)CCc2cc(NC(=O)C[C@@H](NC(C)=O)c3cccs3)ccc21. The number of nitrogens with one attached hydrogen (secondary N) is 2. The van der Waals surface area contributed by atoms with E-state index < -0.39 is 0 Å². The Morgan fingerprint density at radius 3 is 2.74 bits per heavy atom. The van der Waals surface area contributed by atoms with Gasteiger partial charge in [0.05, 0.1) is 12.5 Å². The molecule has 7 heteroatoms. The molecule has 1 aliphatic rings. The van der Waals surface area contributed by atoms with Crippen molar-refractivity contribution < 1.29 is 14.4 Å². The molecule has 2 heterocycles. The zero-order chi connectivity index (χ0) is 19.4. The van der Waals surface area contributed by atoms with Crippen LogP contribution in [0.15, 0.2) is 35.7 Å². The van der Waals surface area contributed by atoms with Gasteiger partial charge in [0.15, 0.2) is 0 Å². The summed E-state index contributed by atoms with van der Waals surface area (Å²) in [6.45, 7) is 4.04. The summed E-state index contributed by atoms with van der Waals surface area (Å²) in [5.41, 5.74) is 2.68. The van der Waals surface area contributed by atoms with E-state index in [-0.39, 0.29) is 30.2 Å². The van der Waals surface area contributed by atoms with Crippen LogP contribution in [-0.2, 0) is 20.8 Å². The number of fused-ring (bicyclic) bond motifs is 1. The van der Waals surface area contributed by atoms with Gasteiger partial charge in [0.25, 0.3) is 0 Å². The molecule has 1 aromatic carbocycles. The zero-order valence-corrected chi connectivity index (χ0v) is 16.3. The summed E-state index contributed by atoms with van der Waals surface area (Å²) in [7, 11) is 0. The van der Waals surface area contributed by atoms with Gasteiger partial charge in [0, 0.05) is 36.1 Å². The second-order valence-electron chi connectivity index (χ2n) is 6.50. The molecule has 1 aromatic heterocycles. The number of hydrogen-bond acceptors (Lipinski definition) is 4. The number of benzene rings is 1. The number of thiophene rings is 1. The molecule has 1 atom stereocenters. The van der Waals surface area contributed by atoms with Crippen LogP contribution in [0.5, 0.6) is 0 Å². The van der Waals surface area contributed by atoms with Crippen molar-refractivity contribution in [1.29, 1.82) is 0 Å². The molecule has 3 amide bonds. The molecule has 0 saturated heterocycles. The smallest absolute Gasteiger partial charge is 0.227 e. The molecule has 0 spiro atoms. The number of carbonyl (C=O) groups excluding carboxylic acids is 3. The minimum Gasteiger partial charge on any atom is -0.348 e. The third-order valence-corrected chi connectivity index (χ3v) is 5.52. The van der Waals surface area contributed by atoms with E-state index in [2.05, 4.69) is 10.6 Å². The quantitative estimate of drug-likeness (QED) is 0.801. The average Bonchev–Trinajstić information content (AvgIpc) is 3.15. The number of hydrogen-bond donors (Lipinski definition) is 2. The van der Waals surface area contributed by atoms with Crippen LogP contribution >= 0.6 is 11.3 Å². The van der Waals surface area contributed by atoms with Crippen molar-refractivity contribution in [3.63, 3.8) is 0 Å².